The molecule has 1 N–H and O–H groups in total. The van der Waals surface area contributed by atoms with Crippen LogP contribution in [-0.2, 0) is 28.9 Å². The van der Waals surface area contributed by atoms with Crippen molar-refractivity contribution in [2.45, 2.75) is 39.3 Å². The molecule has 0 unspecified atom stereocenters. The lowest BCUT2D eigenvalue weighted by molar-refractivity contribution is -0.149. The lowest BCUT2D eigenvalue weighted by Crippen LogP contribution is -2.19. The van der Waals surface area contributed by atoms with Crippen molar-refractivity contribution in [1.29, 1.82) is 0 Å². The number of ketones is 1. The molecule has 4 rings (SSSR count). The second kappa shape index (κ2) is 11.0. The van der Waals surface area contributed by atoms with E-state index in [0.29, 0.717) is 10.9 Å². The monoisotopic (exact) mass is 522 g/mol. The van der Waals surface area contributed by atoms with Crippen LogP contribution >= 0.6 is 0 Å². The summed E-state index contributed by atoms with van der Waals surface area (Å²) in [6, 6.07) is 17.4. The molecule has 0 fully saturated rings. The molecule has 0 bridgehead atoms. The van der Waals surface area contributed by atoms with Gasteiger partial charge in [0.1, 0.15) is 5.69 Å². The molecule has 1 aromatic heterocycles. The fraction of sp³-hybridized carbons (Fsp3) is 0.207. The highest BCUT2D eigenvalue weighted by Crippen LogP contribution is 2.33. The predicted octanol–water partition coefficient (Wildman–Crippen LogP) is 6.30. The van der Waals surface area contributed by atoms with E-state index in [1.165, 1.54) is 17.7 Å². The Labute approximate surface area is 217 Å². The van der Waals surface area contributed by atoms with Crippen LogP contribution in [0.25, 0.3) is 17.0 Å². The third-order valence-electron chi connectivity index (χ3n) is 6.02. The molecule has 0 aliphatic heterocycles. The van der Waals surface area contributed by atoms with Gasteiger partial charge in [-0.05, 0) is 43.2 Å². The van der Waals surface area contributed by atoms with Crippen LogP contribution in [0.2, 0.25) is 0 Å². The van der Waals surface area contributed by atoms with E-state index in [4.69, 9.17) is 9.84 Å². The zero-order valence-corrected chi connectivity index (χ0v) is 20.7. The van der Waals surface area contributed by atoms with Crippen LogP contribution in [0.5, 0.6) is 0 Å². The van der Waals surface area contributed by atoms with Gasteiger partial charge in [0.15, 0.2) is 6.10 Å². The average molecular weight is 523 g/mol. The van der Waals surface area contributed by atoms with Crippen LogP contribution in [0.15, 0.2) is 72.8 Å². The number of carboxylic acid groups (broad SMARTS) is 1. The van der Waals surface area contributed by atoms with E-state index < -0.39 is 23.8 Å². The lowest BCUT2D eigenvalue weighted by atomic mass is 10.0. The Morgan fingerprint density at radius 1 is 1.05 bits per heavy atom. The SMILES string of the molecule is Cc1ccc(C(=O)c2nn(C/C=C/c3ccc(CO[C@H](C)C(=O)O)cc3)c3cc(C(F)(F)F)ccc23)cc1. The Balaban J connectivity index is 1.58. The smallest absolute Gasteiger partial charge is 0.416 e. The normalized spacial score (nSPS) is 12.8. The quantitative estimate of drug-likeness (QED) is 0.261. The Kier molecular flexibility index (Phi) is 7.78. The first kappa shape index (κ1) is 26.8. The molecule has 1 atom stereocenters. The van der Waals surface area contributed by atoms with Gasteiger partial charge in [-0.1, -0.05) is 66.2 Å². The molecule has 0 aliphatic rings. The Bertz CT molecular complexity index is 1490. The molecule has 0 saturated carbocycles. The van der Waals surface area contributed by atoms with Crippen molar-refractivity contribution in [3.63, 3.8) is 0 Å². The summed E-state index contributed by atoms with van der Waals surface area (Å²) in [5.74, 6) is -1.41. The second-order valence-corrected chi connectivity index (χ2v) is 8.89. The van der Waals surface area contributed by atoms with Gasteiger partial charge in [-0.15, -0.1) is 0 Å². The molecular weight excluding hydrogens is 497 g/mol. The first-order valence-electron chi connectivity index (χ1n) is 11.8. The Morgan fingerprint density at radius 3 is 2.37 bits per heavy atom. The number of aliphatic carboxylic acids is 1. The van der Waals surface area contributed by atoms with Crippen LogP contribution in [0, 0.1) is 6.92 Å². The summed E-state index contributed by atoms with van der Waals surface area (Å²) >= 11 is 0. The van der Waals surface area contributed by atoms with Gasteiger partial charge in [0.2, 0.25) is 5.78 Å². The summed E-state index contributed by atoms with van der Waals surface area (Å²) < 4.78 is 46.9. The van der Waals surface area contributed by atoms with E-state index >= 15 is 0 Å². The molecule has 4 aromatic rings. The van der Waals surface area contributed by atoms with Crippen molar-refractivity contribution in [2.24, 2.45) is 0 Å². The molecule has 196 valence electrons. The van der Waals surface area contributed by atoms with E-state index in [2.05, 4.69) is 5.10 Å². The van der Waals surface area contributed by atoms with Crippen molar-refractivity contribution in [1.82, 2.24) is 9.78 Å². The molecule has 0 radical (unpaired) electrons. The van der Waals surface area contributed by atoms with E-state index in [9.17, 15) is 22.8 Å². The molecular formula is C29H25F3N2O4. The summed E-state index contributed by atoms with van der Waals surface area (Å²) in [6.07, 6.45) is -1.93. The fourth-order valence-electron chi connectivity index (χ4n) is 3.80. The number of fused-ring (bicyclic) bond motifs is 1. The molecule has 0 saturated heterocycles. The minimum atomic E-state index is -4.53. The molecule has 0 spiro atoms. The number of benzene rings is 3. The van der Waals surface area contributed by atoms with Crippen molar-refractivity contribution >= 4 is 28.7 Å². The number of nitrogens with zero attached hydrogens (tertiary/aromatic N) is 2. The number of hydrogen-bond acceptors (Lipinski definition) is 4. The van der Waals surface area contributed by atoms with Crippen molar-refractivity contribution in [2.75, 3.05) is 0 Å². The number of carbonyl (C=O) groups is 2. The van der Waals surface area contributed by atoms with E-state index in [0.717, 1.165) is 28.8 Å². The first-order valence-corrected chi connectivity index (χ1v) is 11.8. The summed E-state index contributed by atoms with van der Waals surface area (Å²) in [7, 11) is 0. The van der Waals surface area contributed by atoms with Crippen LogP contribution in [0.4, 0.5) is 13.2 Å². The molecule has 9 heteroatoms. The number of alkyl halides is 3. The third kappa shape index (κ3) is 6.18. The van der Waals surface area contributed by atoms with E-state index in [1.54, 1.807) is 48.6 Å². The molecule has 0 amide bonds. The predicted molar refractivity (Wildman–Crippen MR) is 137 cm³/mol. The maximum Gasteiger partial charge on any atom is 0.416 e. The van der Waals surface area contributed by atoms with Crippen LogP contribution in [0.3, 0.4) is 0 Å². The van der Waals surface area contributed by atoms with Crippen LogP contribution < -0.4 is 0 Å². The first-order chi connectivity index (χ1) is 18.0. The van der Waals surface area contributed by atoms with Gasteiger partial charge >= 0.3 is 12.1 Å². The van der Waals surface area contributed by atoms with Gasteiger partial charge in [-0.2, -0.15) is 18.3 Å². The van der Waals surface area contributed by atoms with E-state index in [1.807, 2.05) is 19.1 Å². The van der Waals surface area contributed by atoms with Gasteiger partial charge in [-0.25, -0.2) is 4.79 Å². The highest BCUT2D eigenvalue weighted by Gasteiger charge is 2.31. The summed E-state index contributed by atoms with van der Waals surface area (Å²) in [6.45, 7) is 3.64. The van der Waals surface area contributed by atoms with Gasteiger partial charge in [0.05, 0.1) is 24.2 Å². The number of rotatable bonds is 9. The molecule has 0 aliphatic carbocycles. The number of halogens is 3. The number of ether oxygens (including phenoxy) is 1. The summed E-state index contributed by atoms with van der Waals surface area (Å²) in [5, 5.41) is 13.6. The van der Waals surface area contributed by atoms with Crippen LogP contribution in [-0.4, -0.2) is 32.7 Å². The molecule has 1 heterocycles. The van der Waals surface area contributed by atoms with Gasteiger partial charge in [0.25, 0.3) is 0 Å². The Morgan fingerprint density at radius 2 is 1.74 bits per heavy atom. The molecule has 3 aromatic carbocycles. The summed E-state index contributed by atoms with van der Waals surface area (Å²) in [5.41, 5.74) is 2.48. The largest absolute Gasteiger partial charge is 0.479 e. The maximum atomic E-state index is 13.4. The zero-order chi connectivity index (χ0) is 27.4. The lowest BCUT2D eigenvalue weighted by Gasteiger charge is -2.08. The standard InChI is InChI=1S/C29H25F3N2O4/c1-18-5-11-22(12-6-18)27(35)26-24-14-13-23(29(30,31)32)16-25(24)34(33-26)15-3-4-20-7-9-21(10-8-20)17-38-19(2)28(36)37/h3-14,16,19H,15,17H2,1-2H3,(H,36,37)/b4-3+/t19-/m1/s1. The minimum Gasteiger partial charge on any atom is -0.479 e. The third-order valence-corrected chi connectivity index (χ3v) is 6.02. The fourth-order valence-corrected chi connectivity index (χ4v) is 3.80. The van der Waals surface area contributed by atoms with E-state index in [-0.39, 0.29) is 30.1 Å². The van der Waals surface area contributed by atoms with Crippen molar-refractivity contribution in [3.05, 3.63) is 106 Å². The number of carbonyl (C=O) groups excluding carboxylic acids is 1. The second-order valence-electron chi connectivity index (χ2n) is 8.89. The van der Waals surface area contributed by atoms with Gasteiger partial charge in [0, 0.05) is 10.9 Å². The number of aryl methyl sites for hydroxylation is 1. The number of hydrogen-bond donors (Lipinski definition) is 1. The average Bonchev–Trinajstić information content (AvgIpc) is 3.25. The zero-order valence-electron chi connectivity index (χ0n) is 20.7. The number of aromatic nitrogens is 2. The number of allylic oxidation sites excluding steroid dienone is 1. The van der Waals surface area contributed by atoms with Crippen molar-refractivity contribution in [3.8, 4) is 0 Å². The van der Waals surface area contributed by atoms with Crippen molar-refractivity contribution < 1.29 is 32.6 Å². The highest BCUT2D eigenvalue weighted by atomic mass is 19.4. The summed E-state index contributed by atoms with van der Waals surface area (Å²) in [4.78, 5) is 24.0. The maximum absolute atomic E-state index is 13.4. The molecule has 38 heavy (non-hydrogen) atoms. The van der Waals surface area contributed by atoms with Gasteiger partial charge in [-0.3, -0.25) is 9.48 Å². The Hall–Kier alpha value is -4.24. The highest BCUT2D eigenvalue weighted by molar-refractivity contribution is 6.15. The molecule has 6 nitrogen and oxygen atoms in total. The van der Waals surface area contributed by atoms with Crippen LogP contribution in [0.1, 0.15) is 45.2 Å². The van der Waals surface area contributed by atoms with Gasteiger partial charge < -0.3 is 9.84 Å². The topological polar surface area (TPSA) is 81.4 Å². The number of carboxylic acids is 1. The minimum absolute atomic E-state index is 0.0888.